The third-order valence-corrected chi connectivity index (χ3v) is 4.53. The van der Waals surface area contributed by atoms with Gasteiger partial charge in [0.05, 0.1) is 6.10 Å². The first kappa shape index (κ1) is 19.9. The van der Waals surface area contributed by atoms with Crippen molar-refractivity contribution in [1.82, 2.24) is 10.6 Å². The summed E-state index contributed by atoms with van der Waals surface area (Å²) in [4.78, 5) is 12.1. The highest BCUT2D eigenvalue weighted by molar-refractivity contribution is 5.85. The number of carbonyl (C=O) groups excluding carboxylic acids is 1. The van der Waals surface area contributed by atoms with E-state index in [0.29, 0.717) is 25.4 Å². The van der Waals surface area contributed by atoms with Gasteiger partial charge < -0.3 is 15.7 Å². The van der Waals surface area contributed by atoms with Crippen LogP contribution in [0.1, 0.15) is 50.2 Å². The number of β-amino-alcohol motifs (C(OH)–C–C–N with tert-alkyl or cyclic N) is 1. The zero-order chi connectivity index (χ0) is 16.1. The number of aliphatic hydroxyl groups is 1. The zero-order valence-electron chi connectivity index (χ0n) is 14.2. The van der Waals surface area contributed by atoms with Crippen molar-refractivity contribution < 1.29 is 9.90 Å². The Balaban J connectivity index is 0.00000264. The van der Waals surface area contributed by atoms with Gasteiger partial charge in [-0.05, 0) is 23.0 Å². The lowest BCUT2D eigenvalue weighted by Gasteiger charge is -2.16. The molecule has 4 nitrogen and oxygen atoms in total. The first-order valence-electron chi connectivity index (χ1n) is 8.22. The summed E-state index contributed by atoms with van der Waals surface area (Å²) in [5.41, 5.74) is 2.52. The minimum Gasteiger partial charge on any atom is -0.391 e. The summed E-state index contributed by atoms with van der Waals surface area (Å²) in [7, 11) is 0. The van der Waals surface area contributed by atoms with E-state index in [9.17, 15) is 9.90 Å². The van der Waals surface area contributed by atoms with Crippen LogP contribution in [-0.2, 0) is 4.79 Å². The fourth-order valence-electron chi connectivity index (χ4n) is 2.85. The summed E-state index contributed by atoms with van der Waals surface area (Å²) < 4.78 is 0. The van der Waals surface area contributed by atoms with Crippen molar-refractivity contribution in [2.45, 2.75) is 45.1 Å². The van der Waals surface area contributed by atoms with E-state index in [1.54, 1.807) is 0 Å². The van der Waals surface area contributed by atoms with E-state index in [0.717, 1.165) is 6.54 Å². The smallest absolute Gasteiger partial charge is 0.220 e. The second-order valence-corrected chi connectivity index (χ2v) is 6.72. The van der Waals surface area contributed by atoms with E-state index in [2.05, 4.69) is 55.7 Å². The number of carbonyl (C=O) groups is 1. The first-order valence-corrected chi connectivity index (χ1v) is 8.22. The Morgan fingerprint density at radius 3 is 2.35 bits per heavy atom. The number of hydrogen-bond acceptors (Lipinski definition) is 3. The number of nitrogens with one attached hydrogen (secondary N) is 2. The van der Waals surface area contributed by atoms with Crippen LogP contribution < -0.4 is 10.6 Å². The van der Waals surface area contributed by atoms with Gasteiger partial charge in [0.1, 0.15) is 0 Å². The molecule has 3 unspecified atom stereocenters. The van der Waals surface area contributed by atoms with E-state index < -0.39 is 0 Å². The van der Waals surface area contributed by atoms with Crippen LogP contribution in [0.4, 0.5) is 0 Å². The molecule has 130 valence electrons. The third-order valence-electron chi connectivity index (χ3n) is 4.53. The van der Waals surface area contributed by atoms with Crippen molar-refractivity contribution in [3.8, 4) is 0 Å². The Morgan fingerprint density at radius 2 is 1.83 bits per heavy atom. The maximum atomic E-state index is 12.1. The van der Waals surface area contributed by atoms with Crippen LogP contribution in [0, 0.1) is 5.92 Å². The van der Waals surface area contributed by atoms with E-state index in [1.165, 1.54) is 11.1 Å². The van der Waals surface area contributed by atoms with Gasteiger partial charge in [0.15, 0.2) is 0 Å². The SMILES string of the molecule is CC(C)c1ccc(C(C)CC(=O)NCC2CNCC2O)cc1.Cl. The molecule has 2 rings (SSSR count). The van der Waals surface area contributed by atoms with Gasteiger partial charge in [0.25, 0.3) is 0 Å². The molecule has 1 aliphatic heterocycles. The largest absolute Gasteiger partial charge is 0.391 e. The Morgan fingerprint density at radius 1 is 1.22 bits per heavy atom. The highest BCUT2D eigenvalue weighted by atomic mass is 35.5. The van der Waals surface area contributed by atoms with Crippen LogP contribution >= 0.6 is 12.4 Å². The molecule has 0 aliphatic carbocycles. The highest BCUT2D eigenvalue weighted by Gasteiger charge is 2.25. The fraction of sp³-hybridized carbons (Fsp3) is 0.611. The predicted molar refractivity (Wildman–Crippen MR) is 96.2 cm³/mol. The Hall–Kier alpha value is -1.10. The highest BCUT2D eigenvalue weighted by Crippen LogP contribution is 2.22. The van der Waals surface area contributed by atoms with E-state index in [4.69, 9.17) is 0 Å². The van der Waals surface area contributed by atoms with Crippen LogP contribution in [0.15, 0.2) is 24.3 Å². The van der Waals surface area contributed by atoms with Crippen molar-refractivity contribution >= 4 is 18.3 Å². The third kappa shape index (κ3) is 5.79. The number of benzene rings is 1. The van der Waals surface area contributed by atoms with Crippen molar-refractivity contribution in [3.63, 3.8) is 0 Å². The minimum atomic E-state index is -0.346. The molecule has 5 heteroatoms. The van der Waals surface area contributed by atoms with Crippen LogP contribution in [0.5, 0.6) is 0 Å². The normalized spacial score (nSPS) is 21.8. The lowest BCUT2D eigenvalue weighted by molar-refractivity contribution is -0.121. The van der Waals surface area contributed by atoms with Crippen LogP contribution in [0.2, 0.25) is 0 Å². The van der Waals surface area contributed by atoms with Crippen molar-refractivity contribution in [3.05, 3.63) is 35.4 Å². The molecule has 1 heterocycles. The maximum absolute atomic E-state index is 12.1. The number of amides is 1. The van der Waals surface area contributed by atoms with Crippen LogP contribution in [-0.4, -0.2) is 36.8 Å². The monoisotopic (exact) mass is 340 g/mol. The summed E-state index contributed by atoms with van der Waals surface area (Å²) in [6, 6.07) is 8.54. The molecule has 1 amide bonds. The molecule has 1 aromatic carbocycles. The van der Waals surface area contributed by atoms with Gasteiger partial charge in [0.2, 0.25) is 5.91 Å². The number of hydrogen-bond donors (Lipinski definition) is 3. The predicted octanol–water partition coefficient (Wildman–Crippen LogP) is 2.42. The van der Waals surface area contributed by atoms with Gasteiger partial charge in [-0.25, -0.2) is 0 Å². The van der Waals surface area contributed by atoms with Gasteiger partial charge in [-0.3, -0.25) is 4.79 Å². The number of halogens is 1. The second-order valence-electron chi connectivity index (χ2n) is 6.72. The van der Waals surface area contributed by atoms with Gasteiger partial charge >= 0.3 is 0 Å². The lowest BCUT2D eigenvalue weighted by Crippen LogP contribution is -2.34. The summed E-state index contributed by atoms with van der Waals surface area (Å²) >= 11 is 0. The fourth-order valence-corrected chi connectivity index (χ4v) is 2.85. The number of rotatable bonds is 6. The molecule has 0 saturated carbocycles. The topological polar surface area (TPSA) is 61.4 Å². The summed E-state index contributed by atoms with van der Waals surface area (Å²) in [5.74, 6) is 0.913. The molecule has 1 aliphatic rings. The summed E-state index contributed by atoms with van der Waals surface area (Å²) in [6.45, 7) is 8.38. The van der Waals surface area contributed by atoms with Crippen LogP contribution in [0.3, 0.4) is 0 Å². The van der Waals surface area contributed by atoms with E-state index in [-0.39, 0.29) is 36.3 Å². The molecule has 1 aromatic rings. The molecule has 0 spiro atoms. The quantitative estimate of drug-likeness (QED) is 0.745. The summed E-state index contributed by atoms with van der Waals surface area (Å²) in [5, 5.41) is 15.8. The van der Waals surface area contributed by atoms with E-state index >= 15 is 0 Å². The molecule has 3 N–H and O–H groups in total. The average molecular weight is 341 g/mol. The molecule has 0 aromatic heterocycles. The molecule has 1 saturated heterocycles. The molecular weight excluding hydrogens is 312 g/mol. The molecule has 0 radical (unpaired) electrons. The molecule has 23 heavy (non-hydrogen) atoms. The second kappa shape index (κ2) is 9.26. The molecule has 1 fully saturated rings. The van der Waals surface area contributed by atoms with Gasteiger partial charge in [0, 0.05) is 32.0 Å². The van der Waals surface area contributed by atoms with Gasteiger partial charge in [-0.2, -0.15) is 0 Å². The van der Waals surface area contributed by atoms with Crippen molar-refractivity contribution in [2.24, 2.45) is 5.92 Å². The molecule has 0 bridgehead atoms. The van der Waals surface area contributed by atoms with Gasteiger partial charge in [-0.15, -0.1) is 12.4 Å². The van der Waals surface area contributed by atoms with Gasteiger partial charge in [-0.1, -0.05) is 45.0 Å². The Bertz CT molecular complexity index is 490. The molecular formula is C18H29ClN2O2. The van der Waals surface area contributed by atoms with Crippen LogP contribution in [0.25, 0.3) is 0 Å². The zero-order valence-corrected chi connectivity index (χ0v) is 15.0. The lowest BCUT2D eigenvalue weighted by atomic mass is 9.94. The Kier molecular flexibility index (Phi) is 8.03. The first-order chi connectivity index (χ1) is 10.5. The summed E-state index contributed by atoms with van der Waals surface area (Å²) in [6.07, 6.45) is 0.137. The average Bonchev–Trinajstić information content (AvgIpc) is 2.90. The standard InChI is InChI=1S/C18H28N2O2.ClH/c1-12(2)14-4-6-15(7-5-14)13(3)8-18(22)20-10-16-9-19-11-17(16)21;/h4-7,12-13,16-17,19,21H,8-11H2,1-3H3,(H,20,22);1H. The Labute approximate surface area is 145 Å². The van der Waals surface area contributed by atoms with Crippen molar-refractivity contribution in [1.29, 1.82) is 0 Å². The minimum absolute atomic E-state index is 0. The number of aliphatic hydroxyl groups excluding tert-OH is 1. The maximum Gasteiger partial charge on any atom is 0.220 e. The molecule has 3 atom stereocenters. The van der Waals surface area contributed by atoms with E-state index in [1.807, 2.05) is 0 Å². The van der Waals surface area contributed by atoms with Crippen molar-refractivity contribution in [2.75, 3.05) is 19.6 Å².